The lowest BCUT2D eigenvalue weighted by Crippen LogP contribution is -2.65. The summed E-state index contributed by atoms with van der Waals surface area (Å²) in [6, 6.07) is -1.20. The first-order valence-electron chi connectivity index (χ1n) is 9.62. The summed E-state index contributed by atoms with van der Waals surface area (Å²) in [4.78, 5) is 14.9. The summed E-state index contributed by atoms with van der Waals surface area (Å²) in [5.41, 5.74) is -0.755. The van der Waals surface area contributed by atoms with E-state index >= 15 is 0 Å². The SMILES string of the molecule is CCC[C@@H]1C[C@@H](C(=O)NC([C@H]2O[C@H](SC)[C@H](O)[C@@H](O)[C@H]2O)[C@@H](C)O)N(C)C1.Cl. The number of amides is 1. The van der Waals surface area contributed by atoms with Crippen molar-refractivity contribution in [2.24, 2.45) is 5.92 Å². The maximum atomic E-state index is 12.8. The summed E-state index contributed by atoms with van der Waals surface area (Å²) in [5, 5.41) is 43.5. The minimum atomic E-state index is -1.42. The molecule has 2 heterocycles. The van der Waals surface area contributed by atoms with Crippen molar-refractivity contribution in [1.29, 1.82) is 0 Å². The smallest absolute Gasteiger partial charge is 0.237 e. The second kappa shape index (κ2) is 11.3. The van der Waals surface area contributed by atoms with E-state index in [4.69, 9.17) is 4.74 Å². The van der Waals surface area contributed by atoms with Crippen LogP contribution >= 0.6 is 24.2 Å². The van der Waals surface area contributed by atoms with Crippen LogP contribution in [0.15, 0.2) is 0 Å². The number of rotatable bonds is 7. The van der Waals surface area contributed by atoms with E-state index in [0.717, 1.165) is 25.8 Å². The van der Waals surface area contributed by atoms with Crippen LogP contribution in [0.2, 0.25) is 0 Å². The van der Waals surface area contributed by atoms with E-state index in [1.807, 2.05) is 11.9 Å². The van der Waals surface area contributed by atoms with E-state index in [2.05, 4.69) is 12.2 Å². The van der Waals surface area contributed by atoms with Crippen LogP contribution in [0, 0.1) is 5.92 Å². The molecule has 8 nitrogen and oxygen atoms in total. The molecule has 9 atom stereocenters. The Labute approximate surface area is 177 Å². The summed E-state index contributed by atoms with van der Waals surface area (Å²) in [6.45, 7) is 4.48. The fraction of sp³-hybridized carbons (Fsp3) is 0.944. The lowest BCUT2D eigenvalue weighted by molar-refractivity contribution is -0.211. The molecule has 0 aromatic carbocycles. The lowest BCUT2D eigenvalue weighted by Gasteiger charge is -2.44. The molecule has 5 N–H and O–H groups in total. The van der Waals surface area contributed by atoms with Gasteiger partial charge < -0.3 is 30.5 Å². The quantitative estimate of drug-likeness (QED) is 0.360. The van der Waals surface area contributed by atoms with Crippen LogP contribution in [-0.4, -0.2) is 99.1 Å². The van der Waals surface area contributed by atoms with E-state index in [9.17, 15) is 25.2 Å². The Kier molecular flexibility index (Phi) is 10.5. The van der Waals surface area contributed by atoms with Crippen molar-refractivity contribution in [1.82, 2.24) is 10.2 Å². The first kappa shape index (κ1) is 25.9. The van der Waals surface area contributed by atoms with Gasteiger partial charge in [-0.3, -0.25) is 9.69 Å². The van der Waals surface area contributed by atoms with E-state index in [1.165, 1.54) is 18.7 Å². The molecule has 0 bridgehead atoms. The van der Waals surface area contributed by atoms with Crippen LogP contribution < -0.4 is 5.32 Å². The number of carbonyl (C=O) groups is 1. The van der Waals surface area contributed by atoms with Crippen molar-refractivity contribution in [2.75, 3.05) is 19.8 Å². The van der Waals surface area contributed by atoms with Gasteiger partial charge in [-0.05, 0) is 39.0 Å². The molecule has 28 heavy (non-hydrogen) atoms. The second-order valence-electron chi connectivity index (χ2n) is 7.80. The van der Waals surface area contributed by atoms with Crippen molar-refractivity contribution in [2.45, 2.75) is 81.1 Å². The first-order valence-corrected chi connectivity index (χ1v) is 10.9. The summed E-state index contributed by atoms with van der Waals surface area (Å²) >= 11 is 1.20. The van der Waals surface area contributed by atoms with Gasteiger partial charge in [-0.2, -0.15) is 0 Å². The van der Waals surface area contributed by atoms with E-state index < -0.39 is 42.0 Å². The molecule has 0 spiro atoms. The predicted molar refractivity (Wildman–Crippen MR) is 110 cm³/mol. The molecule has 2 aliphatic heterocycles. The zero-order chi connectivity index (χ0) is 20.3. The van der Waals surface area contributed by atoms with Crippen LogP contribution in [0.25, 0.3) is 0 Å². The van der Waals surface area contributed by atoms with Crippen molar-refractivity contribution in [3.63, 3.8) is 0 Å². The summed E-state index contributed by atoms with van der Waals surface area (Å²) in [6.07, 6.45) is -1.50. The maximum Gasteiger partial charge on any atom is 0.237 e. The number of ether oxygens (including phenoxy) is 1. The number of carbonyl (C=O) groups excluding carboxylic acids is 1. The number of likely N-dealkylation sites (tertiary alicyclic amines) is 1. The highest BCUT2D eigenvalue weighted by Crippen LogP contribution is 2.30. The largest absolute Gasteiger partial charge is 0.391 e. The van der Waals surface area contributed by atoms with Crippen LogP contribution in [0.4, 0.5) is 0 Å². The Morgan fingerprint density at radius 2 is 1.93 bits per heavy atom. The molecule has 2 fully saturated rings. The number of nitrogens with one attached hydrogen (secondary N) is 1. The van der Waals surface area contributed by atoms with Crippen molar-refractivity contribution >= 4 is 30.1 Å². The van der Waals surface area contributed by atoms with Gasteiger partial charge in [0.15, 0.2) is 0 Å². The lowest BCUT2D eigenvalue weighted by atomic mass is 9.92. The number of hydrogen-bond acceptors (Lipinski definition) is 8. The highest BCUT2D eigenvalue weighted by atomic mass is 35.5. The maximum absolute atomic E-state index is 12.8. The molecule has 2 rings (SSSR count). The Morgan fingerprint density at radius 3 is 2.46 bits per heavy atom. The summed E-state index contributed by atoms with van der Waals surface area (Å²) in [7, 11) is 1.91. The third kappa shape index (κ3) is 5.72. The molecular formula is C18H35ClN2O6S. The van der Waals surface area contributed by atoms with Crippen molar-refractivity contribution in [3.05, 3.63) is 0 Å². The van der Waals surface area contributed by atoms with Gasteiger partial charge in [-0.1, -0.05) is 13.3 Å². The van der Waals surface area contributed by atoms with Gasteiger partial charge in [0.1, 0.15) is 29.9 Å². The number of thioether (sulfide) groups is 1. The third-order valence-electron chi connectivity index (χ3n) is 5.66. The summed E-state index contributed by atoms with van der Waals surface area (Å²) in [5.74, 6) is 0.245. The summed E-state index contributed by atoms with van der Waals surface area (Å²) < 4.78 is 5.72. The molecule has 166 valence electrons. The number of aliphatic hydroxyl groups excluding tert-OH is 4. The second-order valence-corrected chi connectivity index (χ2v) is 8.73. The molecule has 2 saturated heterocycles. The minimum absolute atomic E-state index is 0. The average Bonchev–Trinajstić information content (AvgIpc) is 2.99. The van der Waals surface area contributed by atoms with Crippen molar-refractivity contribution < 1.29 is 30.0 Å². The van der Waals surface area contributed by atoms with Gasteiger partial charge in [0, 0.05) is 6.54 Å². The molecule has 10 heteroatoms. The molecule has 2 aliphatic rings. The van der Waals surface area contributed by atoms with Gasteiger partial charge in [-0.25, -0.2) is 0 Å². The van der Waals surface area contributed by atoms with Gasteiger partial charge in [0.2, 0.25) is 5.91 Å². The minimum Gasteiger partial charge on any atom is -0.391 e. The fourth-order valence-electron chi connectivity index (χ4n) is 4.13. The number of likely N-dealkylation sites (N-methyl/N-ethyl adjacent to an activating group) is 1. The number of halogens is 1. The Balaban J connectivity index is 0.00000392. The van der Waals surface area contributed by atoms with Crippen LogP contribution in [-0.2, 0) is 9.53 Å². The number of nitrogens with zero attached hydrogens (tertiary/aromatic N) is 1. The van der Waals surface area contributed by atoms with Crippen LogP contribution in [0.1, 0.15) is 33.1 Å². The zero-order valence-electron chi connectivity index (χ0n) is 16.9. The van der Waals surface area contributed by atoms with Crippen LogP contribution in [0.5, 0.6) is 0 Å². The predicted octanol–water partition coefficient (Wildman–Crippen LogP) is -0.435. The fourth-order valence-corrected chi connectivity index (χ4v) is 4.81. The Morgan fingerprint density at radius 1 is 1.29 bits per heavy atom. The van der Waals surface area contributed by atoms with Gasteiger partial charge >= 0.3 is 0 Å². The highest BCUT2D eigenvalue weighted by Gasteiger charge is 2.48. The van der Waals surface area contributed by atoms with Crippen molar-refractivity contribution in [3.8, 4) is 0 Å². The molecule has 0 radical (unpaired) electrons. The molecule has 0 aliphatic carbocycles. The molecule has 0 aromatic heterocycles. The highest BCUT2D eigenvalue weighted by molar-refractivity contribution is 7.99. The first-order chi connectivity index (χ1) is 12.7. The van der Waals surface area contributed by atoms with Gasteiger partial charge in [0.25, 0.3) is 0 Å². The van der Waals surface area contributed by atoms with E-state index in [-0.39, 0.29) is 24.4 Å². The molecule has 0 aromatic rings. The monoisotopic (exact) mass is 442 g/mol. The number of hydrogen-bond donors (Lipinski definition) is 5. The average molecular weight is 443 g/mol. The Bertz CT molecular complexity index is 501. The molecule has 1 unspecified atom stereocenters. The number of aliphatic hydroxyl groups is 4. The molecule has 1 amide bonds. The van der Waals surface area contributed by atoms with Crippen LogP contribution in [0.3, 0.4) is 0 Å². The molecular weight excluding hydrogens is 408 g/mol. The van der Waals surface area contributed by atoms with Gasteiger partial charge in [0.05, 0.1) is 18.2 Å². The normalized spacial score (nSPS) is 38.5. The standard InChI is InChI=1S/C18H34N2O6S.ClH/c1-5-6-10-7-11(20(3)8-10)17(25)19-12(9(2)21)16-14(23)13(22)15(24)18(26-16)27-4;/h9-16,18,21-24H,5-8H2,1-4H3,(H,19,25);1H/t9-,10-,11+,12?,13+,14-,15-,16-,18-;/m1./s1. The van der Waals surface area contributed by atoms with E-state index in [1.54, 1.807) is 6.26 Å². The molecule has 0 saturated carbocycles. The third-order valence-corrected chi connectivity index (χ3v) is 6.51. The Hall–Kier alpha value is -0.130. The zero-order valence-corrected chi connectivity index (χ0v) is 18.5. The van der Waals surface area contributed by atoms with E-state index in [0.29, 0.717) is 5.92 Å². The van der Waals surface area contributed by atoms with Gasteiger partial charge in [-0.15, -0.1) is 24.2 Å². The topological polar surface area (TPSA) is 122 Å².